The van der Waals surface area contributed by atoms with Crippen LogP contribution in [0.4, 0.5) is 4.39 Å². The number of halogens is 2. The number of nitrogens with one attached hydrogen (secondary N) is 1. The van der Waals surface area contributed by atoms with E-state index in [2.05, 4.69) is 37.9 Å². The second-order valence-corrected chi connectivity index (χ2v) is 7.50. The van der Waals surface area contributed by atoms with Crippen LogP contribution in [0.5, 0.6) is 0 Å². The van der Waals surface area contributed by atoms with Crippen LogP contribution < -0.4 is 5.32 Å². The van der Waals surface area contributed by atoms with Crippen LogP contribution >= 0.6 is 11.6 Å². The van der Waals surface area contributed by atoms with Crippen LogP contribution in [0.15, 0.2) is 18.2 Å². The maximum Gasteiger partial charge on any atom is 0.127 e. The average Bonchev–Trinajstić information content (AvgIpc) is 2.41. The van der Waals surface area contributed by atoms with Crippen LogP contribution in [-0.2, 0) is 6.54 Å². The zero-order chi connectivity index (χ0) is 15.6. The van der Waals surface area contributed by atoms with Gasteiger partial charge in [0.2, 0.25) is 0 Å². The summed E-state index contributed by atoms with van der Waals surface area (Å²) in [6.07, 6.45) is 1.09. The molecule has 1 aliphatic heterocycles. The molecule has 0 radical (unpaired) electrons. The Labute approximate surface area is 132 Å². The summed E-state index contributed by atoms with van der Waals surface area (Å²) >= 11 is 6.02. The van der Waals surface area contributed by atoms with Crippen LogP contribution in [-0.4, -0.2) is 30.1 Å². The number of benzene rings is 1. The minimum atomic E-state index is -0.168. The van der Waals surface area contributed by atoms with Gasteiger partial charge in [0.05, 0.1) is 0 Å². The Morgan fingerprint density at radius 1 is 1.38 bits per heavy atom. The van der Waals surface area contributed by atoms with Gasteiger partial charge in [-0.1, -0.05) is 39.3 Å². The van der Waals surface area contributed by atoms with E-state index in [0.29, 0.717) is 29.2 Å². The van der Waals surface area contributed by atoms with Crippen molar-refractivity contribution in [1.82, 2.24) is 10.2 Å². The standard InChI is InChI=1S/C17H26ClFN2/c1-5-14-11-21(16(9-20-14)17(2,3)4)10-12-8-13(18)6-7-15(12)19/h6-8,14,16,20H,5,9-11H2,1-4H3. The van der Waals surface area contributed by atoms with Gasteiger partial charge in [-0.3, -0.25) is 4.90 Å². The van der Waals surface area contributed by atoms with E-state index in [9.17, 15) is 4.39 Å². The maximum absolute atomic E-state index is 14.0. The third kappa shape index (κ3) is 4.18. The number of piperazine rings is 1. The zero-order valence-corrected chi connectivity index (χ0v) is 14.2. The van der Waals surface area contributed by atoms with E-state index < -0.39 is 0 Å². The molecular formula is C17H26ClFN2. The Bertz CT molecular complexity index is 484. The third-order valence-electron chi connectivity index (χ3n) is 4.37. The van der Waals surface area contributed by atoms with Crippen molar-refractivity contribution < 1.29 is 4.39 Å². The Morgan fingerprint density at radius 2 is 2.10 bits per heavy atom. The van der Waals surface area contributed by atoms with Gasteiger partial charge in [-0.05, 0) is 30.0 Å². The number of rotatable bonds is 3. The molecule has 2 atom stereocenters. The second kappa shape index (κ2) is 6.64. The minimum Gasteiger partial charge on any atom is -0.311 e. The summed E-state index contributed by atoms with van der Waals surface area (Å²) in [7, 11) is 0. The lowest BCUT2D eigenvalue weighted by Gasteiger charge is -2.46. The van der Waals surface area contributed by atoms with Crippen molar-refractivity contribution in [1.29, 1.82) is 0 Å². The Kier molecular flexibility index (Phi) is 5.29. The van der Waals surface area contributed by atoms with E-state index in [1.54, 1.807) is 12.1 Å². The molecule has 1 saturated heterocycles. The van der Waals surface area contributed by atoms with E-state index in [4.69, 9.17) is 11.6 Å². The fourth-order valence-corrected chi connectivity index (χ4v) is 3.26. The highest BCUT2D eigenvalue weighted by Crippen LogP contribution is 2.29. The molecular weight excluding hydrogens is 287 g/mol. The van der Waals surface area contributed by atoms with Gasteiger partial charge in [0.15, 0.2) is 0 Å². The molecule has 1 aromatic carbocycles. The van der Waals surface area contributed by atoms with Crippen molar-refractivity contribution in [3.63, 3.8) is 0 Å². The van der Waals surface area contributed by atoms with Crippen molar-refractivity contribution in [2.75, 3.05) is 13.1 Å². The van der Waals surface area contributed by atoms with Gasteiger partial charge in [-0.25, -0.2) is 4.39 Å². The molecule has 2 unspecified atom stereocenters. The Hall–Kier alpha value is -0.640. The molecule has 1 aromatic rings. The van der Waals surface area contributed by atoms with Crippen molar-refractivity contribution in [3.8, 4) is 0 Å². The molecule has 1 aliphatic rings. The topological polar surface area (TPSA) is 15.3 Å². The summed E-state index contributed by atoms with van der Waals surface area (Å²) in [5.74, 6) is -0.168. The van der Waals surface area contributed by atoms with Gasteiger partial charge >= 0.3 is 0 Å². The molecule has 1 heterocycles. The summed E-state index contributed by atoms with van der Waals surface area (Å²) in [6.45, 7) is 11.4. The summed E-state index contributed by atoms with van der Waals surface area (Å²) in [5, 5.41) is 4.20. The highest BCUT2D eigenvalue weighted by Gasteiger charge is 2.35. The summed E-state index contributed by atoms with van der Waals surface area (Å²) in [6, 6.07) is 5.68. The molecule has 4 heteroatoms. The second-order valence-electron chi connectivity index (χ2n) is 7.06. The molecule has 118 valence electrons. The Balaban J connectivity index is 2.21. The lowest BCUT2D eigenvalue weighted by Crippen LogP contribution is -2.60. The van der Waals surface area contributed by atoms with Crippen LogP contribution in [0, 0.1) is 11.2 Å². The monoisotopic (exact) mass is 312 g/mol. The lowest BCUT2D eigenvalue weighted by molar-refractivity contribution is 0.0477. The average molecular weight is 313 g/mol. The molecule has 0 amide bonds. The predicted molar refractivity (Wildman–Crippen MR) is 87.1 cm³/mol. The molecule has 0 spiro atoms. The Morgan fingerprint density at radius 3 is 2.71 bits per heavy atom. The summed E-state index contributed by atoms with van der Waals surface area (Å²) < 4.78 is 14.0. The van der Waals surface area contributed by atoms with E-state index in [0.717, 1.165) is 19.5 Å². The lowest BCUT2D eigenvalue weighted by atomic mass is 9.83. The minimum absolute atomic E-state index is 0.154. The summed E-state index contributed by atoms with van der Waals surface area (Å²) in [4.78, 5) is 2.40. The zero-order valence-electron chi connectivity index (χ0n) is 13.4. The van der Waals surface area contributed by atoms with Crippen molar-refractivity contribution in [2.45, 2.75) is 52.7 Å². The van der Waals surface area contributed by atoms with E-state index >= 15 is 0 Å². The van der Waals surface area contributed by atoms with Gasteiger partial charge < -0.3 is 5.32 Å². The first-order valence-corrected chi connectivity index (χ1v) is 8.10. The molecule has 1 fully saturated rings. The highest BCUT2D eigenvalue weighted by molar-refractivity contribution is 6.30. The summed E-state index contributed by atoms with van der Waals surface area (Å²) in [5.41, 5.74) is 0.842. The normalized spacial score (nSPS) is 24.3. The third-order valence-corrected chi connectivity index (χ3v) is 4.60. The van der Waals surface area contributed by atoms with Crippen LogP contribution in [0.3, 0.4) is 0 Å². The maximum atomic E-state index is 14.0. The van der Waals surface area contributed by atoms with Crippen LogP contribution in [0.1, 0.15) is 39.7 Å². The first kappa shape index (κ1) is 16.7. The van der Waals surface area contributed by atoms with Gasteiger partial charge in [-0.15, -0.1) is 0 Å². The van der Waals surface area contributed by atoms with Gasteiger partial charge in [0, 0.05) is 42.3 Å². The SMILES string of the molecule is CCC1CN(Cc2cc(Cl)ccc2F)C(C(C)(C)C)CN1. The highest BCUT2D eigenvalue weighted by atomic mass is 35.5. The smallest absolute Gasteiger partial charge is 0.127 e. The van der Waals surface area contributed by atoms with Crippen molar-refractivity contribution >= 4 is 11.6 Å². The van der Waals surface area contributed by atoms with E-state index in [-0.39, 0.29) is 11.2 Å². The predicted octanol–water partition coefficient (Wildman–Crippen LogP) is 4.08. The fraction of sp³-hybridized carbons (Fsp3) is 0.647. The molecule has 0 bridgehead atoms. The molecule has 2 rings (SSSR count). The molecule has 0 saturated carbocycles. The van der Waals surface area contributed by atoms with Crippen molar-refractivity contribution in [2.24, 2.45) is 5.41 Å². The van der Waals surface area contributed by atoms with Gasteiger partial charge in [0.1, 0.15) is 5.82 Å². The van der Waals surface area contributed by atoms with Crippen LogP contribution in [0.2, 0.25) is 5.02 Å². The first-order chi connectivity index (χ1) is 9.81. The number of hydrogen-bond acceptors (Lipinski definition) is 2. The van der Waals surface area contributed by atoms with Crippen LogP contribution in [0.25, 0.3) is 0 Å². The fourth-order valence-electron chi connectivity index (χ4n) is 3.07. The van der Waals surface area contributed by atoms with Gasteiger partial charge in [0.25, 0.3) is 0 Å². The van der Waals surface area contributed by atoms with E-state index in [1.807, 2.05) is 0 Å². The molecule has 1 N–H and O–H groups in total. The number of nitrogens with zero attached hydrogens (tertiary/aromatic N) is 1. The first-order valence-electron chi connectivity index (χ1n) is 7.72. The number of hydrogen-bond donors (Lipinski definition) is 1. The molecule has 2 nitrogen and oxygen atoms in total. The van der Waals surface area contributed by atoms with Crippen molar-refractivity contribution in [3.05, 3.63) is 34.6 Å². The molecule has 0 aromatic heterocycles. The quantitative estimate of drug-likeness (QED) is 0.905. The van der Waals surface area contributed by atoms with Gasteiger partial charge in [-0.2, -0.15) is 0 Å². The largest absolute Gasteiger partial charge is 0.311 e. The molecule has 21 heavy (non-hydrogen) atoms. The molecule has 0 aliphatic carbocycles. The van der Waals surface area contributed by atoms with E-state index in [1.165, 1.54) is 6.07 Å².